The van der Waals surface area contributed by atoms with Gasteiger partial charge in [0.05, 0.1) is 9.89 Å². The first-order valence-corrected chi connectivity index (χ1v) is 7.71. The third-order valence-electron chi connectivity index (χ3n) is 2.29. The maximum Gasteiger partial charge on any atom is 0.0839 e. The van der Waals surface area contributed by atoms with Crippen molar-refractivity contribution >= 4 is 54.8 Å². The van der Waals surface area contributed by atoms with Gasteiger partial charge in [0.1, 0.15) is 0 Å². The Morgan fingerprint density at radius 1 is 1.24 bits per heavy atom. The van der Waals surface area contributed by atoms with E-state index in [-0.39, 0.29) is 0 Å². The number of aliphatic hydroxyl groups is 1. The molecule has 0 aliphatic heterocycles. The molecule has 1 N–H and O–H groups in total. The van der Waals surface area contributed by atoms with Crippen molar-refractivity contribution < 1.29 is 5.11 Å². The van der Waals surface area contributed by atoms with Gasteiger partial charge >= 0.3 is 0 Å². The van der Waals surface area contributed by atoms with E-state index in [4.69, 9.17) is 11.6 Å². The highest BCUT2D eigenvalue weighted by atomic mass is 79.9. The second kappa shape index (κ2) is 5.85. The molecule has 1 nitrogen and oxygen atoms in total. The molecule has 1 atom stereocenters. The second-order valence-corrected chi connectivity index (χ2v) is 7.53. The van der Waals surface area contributed by atoms with E-state index in [0.29, 0.717) is 11.4 Å². The molecule has 0 saturated heterocycles. The predicted molar refractivity (Wildman–Crippen MR) is 79.8 cm³/mol. The van der Waals surface area contributed by atoms with Gasteiger partial charge < -0.3 is 5.11 Å². The summed E-state index contributed by atoms with van der Waals surface area (Å²) in [6.07, 6.45) is 0.0683. The average Bonchev–Trinajstić information content (AvgIpc) is 2.62. The third-order valence-corrected chi connectivity index (χ3v) is 4.62. The van der Waals surface area contributed by atoms with Gasteiger partial charge in [-0.15, -0.1) is 11.3 Å². The van der Waals surface area contributed by atoms with Crippen molar-refractivity contribution in [3.05, 3.63) is 54.1 Å². The van der Waals surface area contributed by atoms with E-state index in [0.717, 1.165) is 18.7 Å². The molecular formula is C12H9Br2ClOS. The molecule has 0 aliphatic carbocycles. The molecule has 5 heteroatoms. The molecule has 1 aromatic carbocycles. The monoisotopic (exact) mass is 394 g/mol. The van der Waals surface area contributed by atoms with Gasteiger partial charge in [0, 0.05) is 20.8 Å². The van der Waals surface area contributed by atoms with Crippen LogP contribution in [-0.2, 0) is 6.42 Å². The van der Waals surface area contributed by atoms with Crippen LogP contribution in [0.1, 0.15) is 16.5 Å². The van der Waals surface area contributed by atoms with Gasteiger partial charge in [-0.25, -0.2) is 0 Å². The van der Waals surface area contributed by atoms with Crippen molar-refractivity contribution in [2.75, 3.05) is 0 Å². The Hall–Kier alpha value is 0.130. The Bertz CT molecular complexity index is 507. The molecule has 1 heterocycles. The largest absolute Gasteiger partial charge is 0.388 e. The fraction of sp³-hybridized carbons (Fsp3) is 0.167. The highest BCUT2D eigenvalue weighted by Crippen LogP contribution is 2.29. The maximum absolute atomic E-state index is 10.1. The zero-order valence-corrected chi connectivity index (χ0v) is 13.4. The highest BCUT2D eigenvalue weighted by molar-refractivity contribution is 9.11. The molecule has 0 radical (unpaired) electrons. The topological polar surface area (TPSA) is 20.2 Å². The Kier molecular flexibility index (Phi) is 4.66. The smallest absolute Gasteiger partial charge is 0.0839 e. The fourth-order valence-corrected chi connectivity index (χ4v) is 3.94. The molecule has 17 heavy (non-hydrogen) atoms. The van der Waals surface area contributed by atoms with Crippen LogP contribution in [0.15, 0.2) is 38.6 Å². The van der Waals surface area contributed by atoms with E-state index < -0.39 is 6.10 Å². The summed E-state index contributed by atoms with van der Waals surface area (Å²) in [7, 11) is 0. The zero-order chi connectivity index (χ0) is 12.4. The lowest BCUT2D eigenvalue weighted by Gasteiger charge is -2.10. The lowest BCUT2D eigenvalue weighted by atomic mass is 10.1. The fourth-order valence-electron chi connectivity index (χ4n) is 1.54. The zero-order valence-electron chi connectivity index (χ0n) is 8.66. The summed E-state index contributed by atoms with van der Waals surface area (Å²) >= 11 is 14.4. The molecule has 0 bridgehead atoms. The summed E-state index contributed by atoms with van der Waals surface area (Å²) < 4.78 is 1.96. The van der Waals surface area contributed by atoms with Crippen molar-refractivity contribution in [1.29, 1.82) is 0 Å². The van der Waals surface area contributed by atoms with Crippen molar-refractivity contribution in [3.63, 3.8) is 0 Å². The van der Waals surface area contributed by atoms with Crippen LogP contribution >= 0.6 is 54.8 Å². The van der Waals surface area contributed by atoms with E-state index in [1.165, 1.54) is 0 Å². The Morgan fingerprint density at radius 2 is 2.00 bits per heavy atom. The summed E-state index contributed by atoms with van der Waals surface area (Å²) in [5, 5.41) is 10.8. The molecule has 0 saturated carbocycles. The van der Waals surface area contributed by atoms with Crippen molar-refractivity contribution in [2.24, 2.45) is 0 Å². The van der Waals surface area contributed by atoms with Crippen molar-refractivity contribution in [3.8, 4) is 0 Å². The lowest BCUT2D eigenvalue weighted by Crippen LogP contribution is -2.00. The first kappa shape index (κ1) is 13.6. The molecule has 2 rings (SSSR count). The first-order chi connectivity index (χ1) is 8.04. The molecule has 90 valence electrons. The minimum Gasteiger partial charge on any atom is -0.388 e. The number of halogens is 3. The van der Waals surface area contributed by atoms with Gasteiger partial charge in [-0.2, -0.15) is 0 Å². The minimum atomic E-state index is -0.532. The number of rotatable bonds is 3. The van der Waals surface area contributed by atoms with Crippen LogP contribution in [0.4, 0.5) is 0 Å². The Balaban J connectivity index is 2.16. The van der Waals surface area contributed by atoms with Crippen molar-refractivity contribution in [1.82, 2.24) is 0 Å². The first-order valence-electron chi connectivity index (χ1n) is 4.93. The summed E-state index contributed by atoms with van der Waals surface area (Å²) in [4.78, 5) is 1.14. The second-order valence-electron chi connectivity index (χ2n) is 3.63. The van der Waals surface area contributed by atoms with E-state index >= 15 is 0 Å². The summed E-state index contributed by atoms with van der Waals surface area (Å²) in [6.45, 7) is 0. The van der Waals surface area contributed by atoms with Gasteiger partial charge in [-0.3, -0.25) is 0 Å². The van der Waals surface area contributed by atoms with Crippen molar-refractivity contribution in [2.45, 2.75) is 12.5 Å². The van der Waals surface area contributed by atoms with E-state index in [1.54, 1.807) is 23.5 Å². The number of benzene rings is 1. The van der Waals surface area contributed by atoms with E-state index in [9.17, 15) is 5.11 Å². The summed E-state index contributed by atoms with van der Waals surface area (Å²) in [5.74, 6) is 0. The molecular weight excluding hydrogens is 387 g/mol. The lowest BCUT2D eigenvalue weighted by molar-refractivity contribution is 0.179. The number of hydrogen-bond acceptors (Lipinski definition) is 2. The Labute approximate surface area is 126 Å². The van der Waals surface area contributed by atoms with Gasteiger partial charge in [-0.05, 0) is 51.8 Å². The van der Waals surface area contributed by atoms with Gasteiger partial charge in [0.25, 0.3) is 0 Å². The van der Waals surface area contributed by atoms with Crippen LogP contribution in [0.25, 0.3) is 0 Å². The van der Waals surface area contributed by atoms with Crippen LogP contribution in [0, 0.1) is 0 Å². The third kappa shape index (κ3) is 3.80. The summed E-state index contributed by atoms with van der Waals surface area (Å²) in [6, 6.07) is 9.48. The number of aliphatic hydroxyl groups excluding tert-OH is 1. The number of thiophene rings is 1. The van der Waals surface area contributed by atoms with Crippen LogP contribution in [0.2, 0.25) is 5.02 Å². The minimum absolute atomic E-state index is 0.532. The van der Waals surface area contributed by atoms with Crippen LogP contribution in [-0.4, -0.2) is 5.11 Å². The van der Waals surface area contributed by atoms with Crippen LogP contribution < -0.4 is 0 Å². The SMILES string of the molecule is OC(Cc1ccc(Br)s1)c1cc(Cl)cc(Br)c1. The molecule has 0 aliphatic rings. The van der Waals surface area contributed by atoms with Gasteiger partial charge in [-0.1, -0.05) is 27.5 Å². The van der Waals surface area contributed by atoms with E-state index in [1.807, 2.05) is 18.2 Å². The average molecular weight is 397 g/mol. The van der Waals surface area contributed by atoms with Crippen LogP contribution in [0.3, 0.4) is 0 Å². The Morgan fingerprint density at radius 3 is 2.59 bits per heavy atom. The molecule has 1 aromatic heterocycles. The number of hydrogen-bond donors (Lipinski definition) is 1. The molecule has 2 aromatic rings. The molecule has 0 spiro atoms. The standard InChI is InChI=1S/C12H9Br2ClOS/c13-8-3-7(4-9(15)5-8)11(16)6-10-1-2-12(14)17-10/h1-5,11,16H,6H2. The highest BCUT2D eigenvalue weighted by Gasteiger charge is 2.11. The summed E-state index contributed by atoms with van der Waals surface area (Å²) in [5.41, 5.74) is 0.828. The van der Waals surface area contributed by atoms with Gasteiger partial charge in [0.15, 0.2) is 0 Å². The normalized spacial score (nSPS) is 12.7. The molecule has 1 unspecified atom stereocenters. The quantitative estimate of drug-likeness (QED) is 0.756. The van der Waals surface area contributed by atoms with E-state index in [2.05, 4.69) is 31.9 Å². The predicted octanol–water partition coefficient (Wildman–Crippen LogP) is 5.20. The van der Waals surface area contributed by atoms with Crippen LogP contribution in [0.5, 0.6) is 0 Å². The molecule has 0 fully saturated rings. The molecule has 0 amide bonds. The maximum atomic E-state index is 10.1. The van der Waals surface area contributed by atoms with Gasteiger partial charge in [0.2, 0.25) is 0 Å².